The Morgan fingerprint density at radius 2 is 1.54 bits per heavy atom. The van der Waals surface area contributed by atoms with Crippen LogP contribution in [0, 0.1) is 19.7 Å². The van der Waals surface area contributed by atoms with E-state index in [2.05, 4.69) is 20.6 Å². The number of aromatic nitrogens is 2. The molecule has 0 bridgehead atoms. The van der Waals surface area contributed by atoms with Crippen molar-refractivity contribution in [2.75, 3.05) is 10.6 Å². The lowest BCUT2D eigenvalue weighted by atomic mass is 10.2. The molecule has 0 amide bonds. The van der Waals surface area contributed by atoms with Gasteiger partial charge in [0.1, 0.15) is 23.3 Å². The average molecular weight is 343 g/mol. The van der Waals surface area contributed by atoms with Crippen molar-refractivity contribution in [3.63, 3.8) is 0 Å². The summed E-state index contributed by atoms with van der Waals surface area (Å²) in [4.78, 5) is 8.67. The molecule has 0 unspecified atom stereocenters. The lowest BCUT2D eigenvalue weighted by Crippen LogP contribution is -2.03. The van der Waals surface area contributed by atoms with Gasteiger partial charge < -0.3 is 10.6 Å². The minimum Gasteiger partial charge on any atom is -0.340 e. The standard InChI is InChI=1S/C18H16ClFN4/c1-11-9-13(19)7-8-15(11)23-17-10-18(22-12(2)21-17)24-16-6-4-3-5-14(16)20/h3-10H,1-2H3,(H2,21,22,23,24). The fraction of sp³-hybridized carbons (Fsp3) is 0.111. The maximum absolute atomic E-state index is 13.8. The molecule has 0 saturated carbocycles. The van der Waals surface area contributed by atoms with Crippen LogP contribution in [-0.4, -0.2) is 9.97 Å². The lowest BCUT2D eigenvalue weighted by molar-refractivity contribution is 0.632. The molecule has 2 N–H and O–H groups in total. The fourth-order valence-corrected chi connectivity index (χ4v) is 2.53. The van der Waals surface area contributed by atoms with Crippen molar-refractivity contribution >= 4 is 34.6 Å². The Balaban J connectivity index is 1.87. The third-order valence-electron chi connectivity index (χ3n) is 3.43. The van der Waals surface area contributed by atoms with Crippen molar-refractivity contribution < 1.29 is 4.39 Å². The summed E-state index contributed by atoms with van der Waals surface area (Å²) in [6.45, 7) is 3.74. The molecular weight excluding hydrogens is 327 g/mol. The second-order valence-electron chi connectivity index (χ2n) is 5.37. The average Bonchev–Trinajstić information content (AvgIpc) is 2.52. The van der Waals surface area contributed by atoms with Gasteiger partial charge in [-0.1, -0.05) is 23.7 Å². The second kappa shape index (κ2) is 6.84. The summed E-state index contributed by atoms with van der Waals surface area (Å²) in [6.07, 6.45) is 0. The smallest absolute Gasteiger partial charge is 0.146 e. The first kappa shape index (κ1) is 16.2. The van der Waals surface area contributed by atoms with Crippen LogP contribution < -0.4 is 10.6 Å². The third-order valence-corrected chi connectivity index (χ3v) is 3.66. The highest BCUT2D eigenvalue weighted by Gasteiger charge is 2.07. The molecule has 4 nitrogen and oxygen atoms in total. The van der Waals surface area contributed by atoms with Crippen molar-refractivity contribution in [2.45, 2.75) is 13.8 Å². The van der Waals surface area contributed by atoms with Gasteiger partial charge in [-0.15, -0.1) is 0 Å². The molecule has 0 saturated heterocycles. The summed E-state index contributed by atoms with van der Waals surface area (Å²) in [5, 5.41) is 6.89. The highest BCUT2D eigenvalue weighted by atomic mass is 35.5. The van der Waals surface area contributed by atoms with Crippen LogP contribution >= 0.6 is 11.6 Å². The van der Waals surface area contributed by atoms with Gasteiger partial charge in [0.2, 0.25) is 0 Å². The zero-order valence-electron chi connectivity index (χ0n) is 13.3. The van der Waals surface area contributed by atoms with Crippen molar-refractivity contribution in [3.05, 3.63) is 70.8 Å². The van der Waals surface area contributed by atoms with E-state index in [1.807, 2.05) is 25.1 Å². The van der Waals surface area contributed by atoms with E-state index < -0.39 is 0 Å². The molecule has 1 aromatic heterocycles. The van der Waals surface area contributed by atoms with Crippen molar-refractivity contribution in [1.29, 1.82) is 0 Å². The van der Waals surface area contributed by atoms with E-state index >= 15 is 0 Å². The van der Waals surface area contributed by atoms with Gasteiger partial charge in [-0.3, -0.25) is 0 Å². The zero-order chi connectivity index (χ0) is 17.1. The van der Waals surface area contributed by atoms with Gasteiger partial charge in [0.05, 0.1) is 5.69 Å². The maximum atomic E-state index is 13.8. The number of hydrogen-bond acceptors (Lipinski definition) is 4. The molecule has 0 aliphatic heterocycles. The topological polar surface area (TPSA) is 49.8 Å². The van der Waals surface area contributed by atoms with E-state index in [9.17, 15) is 4.39 Å². The summed E-state index contributed by atoms with van der Waals surface area (Å²) in [5.41, 5.74) is 2.26. The van der Waals surface area contributed by atoms with Crippen LogP contribution in [0.25, 0.3) is 0 Å². The Labute approximate surface area is 144 Å². The predicted octanol–water partition coefficient (Wildman–Crippen LogP) is 5.37. The molecule has 24 heavy (non-hydrogen) atoms. The molecule has 122 valence electrons. The summed E-state index contributed by atoms with van der Waals surface area (Å²) < 4.78 is 13.8. The van der Waals surface area contributed by atoms with Gasteiger partial charge in [-0.05, 0) is 49.7 Å². The Bertz CT molecular complexity index is 883. The summed E-state index contributed by atoms with van der Waals surface area (Å²) in [6, 6.07) is 13.8. The monoisotopic (exact) mass is 342 g/mol. The molecule has 3 rings (SSSR count). The molecule has 0 spiro atoms. The number of nitrogens with one attached hydrogen (secondary N) is 2. The van der Waals surface area contributed by atoms with Gasteiger partial charge in [-0.2, -0.15) is 0 Å². The van der Waals surface area contributed by atoms with Crippen LogP contribution in [0.1, 0.15) is 11.4 Å². The first-order valence-corrected chi connectivity index (χ1v) is 7.79. The minimum absolute atomic E-state index is 0.336. The van der Waals surface area contributed by atoms with Crippen LogP contribution in [0.2, 0.25) is 5.02 Å². The number of hydrogen-bond donors (Lipinski definition) is 2. The number of halogens is 2. The molecular formula is C18H16ClFN4. The summed E-state index contributed by atoms with van der Waals surface area (Å²) in [7, 11) is 0. The predicted molar refractivity (Wildman–Crippen MR) is 95.9 cm³/mol. The molecule has 0 radical (unpaired) electrons. The van der Waals surface area contributed by atoms with E-state index in [0.717, 1.165) is 11.3 Å². The van der Waals surface area contributed by atoms with E-state index in [1.165, 1.54) is 6.07 Å². The largest absolute Gasteiger partial charge is 0.340 e. The SMILES string of the molecule is Cc1nc(Nc2ccc(Cl)cc2C)cc(Nc2ccccc2F)n1. The highest BCUT2D eigenvalue weighted by Crippen LogP contribution is 2.25. The van der Waals surface area contributed by atoms with Crippen LogP contribution in [0.4, 0.5) is 27.4 Å². The number of aryl methyl sites for hydroxylation is 2. The van der Waals surface area contributed by atoms with Gasteiger partial charge in [0.15, 0.2) is 0 Å². The maximum Gasteiger partial charge on any atom is 0.146 e. The van der Waals surface area contributed by atoms with E-state index in [-0.39, 0.29) is 5.82 Å². The number of benzene rings is 2. The summed E-state index contributed by atoms with van der Waals surface area (Å²) >= 11 is 5.98. The number of para-hydroxylation sites is 1. The van der Waals surface area contributed by atoms with Crippen molar-refractivity contribution in [2.24, 2.45) is 0 Å². The minimum atomic E-state index is -0.336. The zero-order valence-corrected chi connectivity index (χ0v) is 14.0. The second-order valence-corrected chi connectivity index (χ2v) is 5.81. The molecule has 2 aromatic carbocycles. The number of rotatable bonds is 4. The Morgan fingerprint density at radius 3 is 2.21 bits per heavy atom. The van der Waals surface area contributed by atoms with Crippen molar-refractivity contribution in [1.82, 2.24) is 9.97 Å². The number of anilines is 4. The quantitative estimate of drug-likeness (QED) is 0.669. The third kappa shape index (κ3) is 3.81. The normalized spacial score (nSPS) is 10.5. The van der Waals surface area contributed by atoms with Crippen LogP contribution in [0.5, 0.6) is 0 Å². The first-order valence-electron chi connectivity index (χ1n) is 7.42. The molecule has 6 heteroatoms. The highest BCUT2D eigenvalue weighted by molar-refractivity contribution is 6.30. The van der Waals surface area contributed by atoms with E-state index in [4.69, 9.17) is 11.6 Å². The van der Waals surface area contributed by atoms with Crippen molar-refractivity contribution in [3.8, 4) is 0 Å². The van der Waals surface area contributed by atoms with Gasteiger partial charge >= 0.3 is 0 Å². The molecule has 1 heterocycles. The Morgan fingerprint density at radius 1 is 0.875 bits per heavy atom. The first-order chi connectivity index (χ1) is 11.5. The Kier molecular flexibility index (Phi) is 4.62. The van der Waals surface area contributed by atoms with Gasteiger partial charge in [0, 0.05) is 16.8 Å². The Hall–Kier alpha value is -2.66. The van der Waals surface area contributed by atoms with Crippen LogP contribution in [0.15, 0.2) is 48.5 Å². The van der Waals surface area contributed by atoms with Crippen LogP contribution in [0.3, 0.4) is 0 Å². The van der Waals surface area contributed by atoms with Crippen LogP contribution in [-0.2, 0) is 0 Å². The van der Waals surface area contributed by atoms with Gasteiger partial charge in [0.25, 0.3) is 0 Å². The lowest BCUT2D eigenvalue weighted by Gasteiger charge is -2.12. The molecule has 0 aliphatic carbocycles. The van der Waals surface area contributed by atoms with E-state index in [1.54, 1.807) is 31.2 Å². The van der Waals surface area contributed by atoms with Gasteiger partial charge in [-0.25, -0.2) is 14.4 Å². The van der Waals surface area contributed by atoms with E-state index in [0.29, 0.717) is 28.2 Å². The molecule has 3 aromatic rings. The number of nitrogens with zero attached hydrogens (tertiary/aromatic N) is 2. The molecule has 0 fully saturated rings. The molecule has 0 aliphatic rings. The fourth-order valence-electron chi connectivity index (χ4n) is 2.30. The summed E-state index contributed by atoms with van der Waals surface area (Å²) in [5.74, 6) is 1.37. The molecule has 0 atom stereocenters.